The average molecular weight is 326 g/mol. The summed E-state index contributed by atoms with van der Waals surface area (Å²) < 4.78 is 15.0. The van der Waals surface area contributed by atoms with Crippen LogP contribution in [0.5, 0.6) is 11.5 Å². The SMILES string of the molecule is COC(=O)c1ccc(OC(=O)/C=C/c2cccc(C)c2)c(OC)c1. The van der Waals surface area contributed by atoms with Crippen LogP contribution in [0.4, 0.5) is 0 Å². The van der Waals surface area contributed by atoms with E-state index < -0.39 is 11.9 Å². The molecular weight excluding hydrogens is 308 g/mol. The molecule has 0 bridgehead atoms. The Hall–Kier alpha value is -3.08. The number of carbonyl (C=O) groups is 2. The minimum atomic E-state index is -0.541. The van der Waals surface area contributed by atoms with E-state index in [1.807, 2.05) is 31.2 Å². The van der Waals surface area contributed by atoms with Crippen molar-refractivity contribution in [2.75, 3.05) is 14.2 Å². The van der Waals surface area contributed by atoms with Crippen molar-refractivity contribution in [3.05, 3.63) is 65.2 Å². The summed E-state index contributed by atoms with van der Waals surface area (Å²) in [6, 6.07) is 12.2. The lowest BCUT2D eigenvalue weighted by molar-refractivity contribution is -0.129. The van der Waals surface area contributed by atoms with Gasteiger partial charge in [-0.3, -0.25) is 0 Å². The van der Waals surface area contributed by atoms with Crippen LogP contribution in [-0.2, 0) is 9.53 Å². The first-order valence-electron chi connectivity index (χ1n) is 7.26. The monoisotopic (exact) mass is 326 g/mol. The molecule has 5 heteroatoms. The maximum absolute atomic E-state index is 12.0. The van der Waals surface area contributed by atoms with Crippen molar-refractivity contribution in [1.29, 1.82) is 0 Å². The Morgan fingerprint density at radius 1 is 1.00 bits per heavy atom. The van der Waals surface area contributed by atoms with E-state index >= 15 is 0 Å². The number of methoxy groups -OCH3 is 2. The molecule has 124 valence electrons. The second kappa shape index (κ2) is 7.97. The molecule has 0 spiro atoms. The number of hydrogen-bond acceptors (Lipinski definition) is 5. The van der Waals surface area contributed by atoms with E-state index in [0.29, 0.717) is 5.56 Å². The van der Waals surface area contributed by atoms with Crippen LogP contribution in [0.15, 0.2) is 48.5 Å². The smallest absolute Gasteiger partial charge is 0.337 e. The molecule has 2 aromatic rings. The highest BCUT2D eigenvalue weighted by molar-refractivity contribution is 5.91. The predicted molar refractivity (Wildman–Crippen MR) is 90.2 cm³/mol. The van der Waals surface area contributed by atoms with Crippen molar-refractivity contribution in [2.45, 2.75) is 6.92 Å². The molecule has 24 heavy (non-hydrogen) atoms. The second-order valence-electron chi connectivity index (χ2n) is 5.03. The zero-order valence-electron chi connectivity index (χ0n) is 13.7. The molecule has 0 unspecified atom stereocenters. The molecule has 0 aliphatic carbocycles. The zero-order valence-corrected chi connectivity index (χ0v) is 13.7. The van der Waals surface area contributed by atoms with Gasteiger partial charge in [0.25, 0.3) is 0 Å². The first-order valence-corrected chi connectivity index (χ1v) is 7.26. The fraction of sp³-hybridized carbons (Fsp3) is 0.158. The van der Waals surface area contributed by atoms with E-state index in [1.54, 1.807) is 6.08 Å². The average Bonchev–Trinajstić information content (AvgIpc) is 2.59. The van der Waals surface area contributed by atoms with E-state index in [2.05, 4.69) is 4.74 Å². The first-order chi connectivity index (χ1) is 11.5. The lowest BCUT2D eigenvalue weighted by Gasteiger charge is -2.09. The number of aryl methyl sites for hydroxylation is 1. The van der Waals surface area contributed by atoms with Crippen LogP contribution in [0, 0.1) is 6.92 Å². The maximum Gasteiger partial charge on any atom is 0.337 e. The molecule has 0 aliphatic rings. The van der Waals surface area contributed by atoms with E-state index in [0.717, 1.165) is 11.1 Å². The molecule has 0 radical (unpaired) electrons. The number of carbonyl (C=O) groups excluding carboxylic acids is 2. The third kappa shape index (κ3) is 4.46. The third-order valence-corrected chi connectivity index (χ3v) is 3.25. The van der Waals surface area contributed by atoms with Crippen molar-refractivity contribution in [3.63, 3.8) is 0 Å². The van der Waals surface area contributed by atoms with Crippen LogP contribution in [0.3, 0.4) is 0 Å². The van der Waals surface area contributed by atoms with Gasteiger partial charge in [0.05, 0.1) is 19.8 Å². The van der Waals surface area contributed by atoms with Crippen molar-refractivity contribution >= 4 is 18.0 Å². The predicted octanol–water partition coefficient (Wildman–Crippen LogP) is 3.41. The van der Waals surface area contributed by atoms with Crippen LogP contribution >= 0.6 is 0 Å². The van der Waals surface area contributed by atoms with Gasteiger partial charge in [-0.1, -0.05) is 29.8 Å². The highest BCUT2D eigenvalue weighted by Crippen LogP contribution is 2.28. The van der Waals surface area contributed by atoms with Gasteiger partial charge in [-0.2, -0.15) is 0 Å². The lowest BCUT2D eigenvalue weighted by atomic mass is 10.1. The van der Waals surface area contributed by atoms with E-state index in [-0.39, 0.29) is 11.5 Å². The van der Waals surface area contributed by atoms with Crippen LogP contribution in [0.1, 0.15) is 21.5 Å². The topological polar surface area (TPSA) is 61.8 Å². The normalized spacial score (nSPS) is 10.5. The highest BCUT2D eigenvalue weighted by Gasteiger charge is 2.13. The molecule has 0 saturated carbocycles. The minimum absolute atomic E-state index is 0.226. The number of hydrogen-bond donors (Lipinski definition) is 0. The molecule has 0 fully saturated rings. The molecule has 0 amide bonds. The Balaban J connectivity index is 2.12. The van der Waals surface area contributed by atoms with Gasteiger partial charge >= 0.3 is 11.9 Å². The minimum Gasteiger partial charge on any atom is -0.493 e. The summed E-state index contributed by atoms with van der Waals surface area (Å²) >= 11 is 0. The fourth-order valence-electron chi connectivity index (χ4n) is 2.08. The van der Waals surface area contributed by atoms with Crippen LogP contribution in [0.2, 0.25) is 0 Å². The van der Waals surface area contributed by atoms with Crippen LogP contribution < -0.4 is 9.47 Å². The summed E-state index contributed by atoms with van der Waals surface area (Å²) in [5.41, 5.74) is 2.31. The van der Waals surface area contributed by atoms with Crippen molar-refractivity contribution in [1.82, 2.24) is 0 Å². The molecule has 0 atom stereocenters. The summed E-state index contributed by atoms with van der Waals surface area (Å²) in [6.07, 6.45) is 3.01. The van der Waals surface area contributed by atoms with Gasteiger partial charge in [0.15, 0.2) is 11.5 Å². The summed E-state index contributed by atoms with van der Waals surface area (Å²) in [7, 11) is 2.72. The standard InChI is InChI=1S/C19H18O5/c1-13-5-4-6-14(11-13)7-10-18(20)24-16-9-8-15(19(21)23-3)12-17(16)22-2/h4-12H,1-3H3/b10-7+. The van der Waals surface area contributed by atoms with Gasteiger partial charge in [-0.15, -0.1) is 0 Å². The van der Waals surface area contributed by atoms with Crippen LogP contribution in [-0.4, -0.2) is 26.2 Å². The molecule has 0 N–H and O–H groups in total. The van der Waals surface area contributed by atoms with Gasteiger partial charge in [-0.25, -0.2) is 9.59 Å². The van der Waals surface area contributed by atoms with Crippen molar-refractivity contribution in [3.8, 4) is 11.5 Å². The molecular formula is C19H18O5. The van der Waals surface area contributed by atoms with Crippen molar-refractivity contribution < 1.29 is 23.8 Å². The van der Waals surface area contributed by atoms with Gasteiger partial charge in [-0.05, 0) is 36.8 Å². The number of esters is 2. The first kappa shape index (κ1) is 17.3. The van der Waals surface area contributed by atoms with E-state index in [4.69, 9.17) is 9.47 Å². The Morgan fingerprint density at radius 2 is 1.79 bits per heavy atom. The Kier molecular flexibility index (Phi) is 5.73. The molecule has 0 heterocycles. The number of benzene rings is 2. The molecule has 2 aromatic carbocycles. The maximum atomic E-state index is 12.0. The van der Waals surface area contributed by atoms with Gasteiger partial charge in [0.2, 0.25) is 0 Å². The molecule has 0 aliphatic heterocycles. The lowest BCUT2D eigenvalue weighted by Crippen LogP contribution is -2.07. The summed E-state index contributed by atoms with van der Waals surface area (Å²) in [5.74, 6) is -0.537. The fourth-order valence-corrected chi connectivity index (χ4v) is 2.08. The van der Waals surface area contributed by atoms with Crippen molar-refractivity contribution in [2.24, 2.45) is 0 Å². The van der Waals surface area contributed by atoms with Gasteiger partial charge < -0.3 is 14.2 Å². The third-order valence-electron chi connectivity index (χ3n) is 3.25. The summed E-state index contributed by atoms with van der Waals surface area (Å²) in [4.78, 5) is 23.5. The molecule has 0 aromatic heterocycles. The number of ether oxygens (including phenoxy) is 3. The highest BCUT2D eigenvalue weighted by atomic mass is 16.6. The summed E-state index contributed by atoms with van der Waals surface area (Å²) in [5, 5.41) is 0. The quantitative estimate of drug-likeness (QED) is 0.479. The van der Waals surface area contributed by atoms with E-state index in [9.17, 15) is 9.59 Å². The summed E-state index contributed by atoms with van der Waals surface area (Å²) in [6.45, 7) is 1.98. The Morgan fingerprint density at radius 3 is 2.46 bits per heavy atom. The van der Waals surface area contributed by atoms with Crippen LogP contribution in [0.25, 0.3) is 6.08 Å². The van der Waals surface area contributed by atoms with Gasteiger partial charge in [0.1, 0.15) is 0 Å². The molecule has 2 rings (SSSR count). The molecule has 0 saturated heterocycles. The zero-order chi connectivity index (χ0) is 17.5. The number of rotatable bonds is 5. The molecule has 5 nitrogen and oxygen atoms in total. The second-order valence-corrected chi connectivity index (χ2v) is 5.03. The largest absolute Gasteiger partial charge is 0.493 e. The van der Waals surface area contributed by atoms with Gasteiger partial charge in [0, 0.05) is 6.08 Å². The Bertz CT molecular complexity index is 777. The van der Waals surface area contributed by atoms with E-state index in [1.165, 1.54) is 38.5 Å². The Labute approximate surface area is 140 Å².